The number of H-pyrrole nitrogens is 1. The molecule has 6 nitrogen and oxygen atoms in total. The molecule has 0 fully saturated rings. The number of aliphatic hydroxyl groups is 1. The molecule has 0 unspecified atom stereocenters. The highest BCUT2D eigenvalue weighted by molar-refractivity contribution is 5.97. The molecule has 0 aliphatic rings. The summed E-state index contributed by atoms with van der Waals surface area (Å²) in [6, 6.07) is 9.29. The average Bonchev–Trinajstić information content (AvgIpc) is 2.88. The number of amides is 1. The van der Waals surface area contributed by atoms with E-state index in [2.05, 4.69) is 15.5 Å². The molecule has 2 rings (SSSR count). The predicted molar refractivity (Wildman–Crippen MR) is 80.9 cm³/mol. The van der Waals surface area contributed by atoms with Gasteiger partial charge in [0.15, 0.2) is 5.69 Å². The lowest BCUT2D eigenvalue weighted by Crippen LogP contribution is -2.39. The number of nitrogens with zero attached hydrogens (tertiary/aromatic N) is 1. The zero-order valence-corrected chi connectivity index (χ0v) is 12.0. The summed E-state index contributed by atoms with van der Waals surface area (Å²) in [5.74, 6) is -0.376. The summed E-state index contributed by atoms with van der Waals surface area (Å²) in [7, 11) is 0. The molecule has 1 atom stereocenters. The molecule has 2 aromatic rings. The van der Waals surface area contributed by atoms with Gasteiger partial charge in [-0.15, -0.1) is 0 Å². The first-order valence-corrected chi connectivity index (χ1v) is 6.94. The summed E-state index contributed by atoms with van der Waals surface area (Å²) in [6.45, 7) is 1.78. The van der Waals surface area contributed by atoms with Crippen molar-refractivity contribution in [2.24, 2.45) is 0 Å². The Labute approximate surface area is 123 Å². The maximum atomic E-state index is 12.2. The normalized spacial score (nSPS) is 12.1. The first-order chi connectivity index (χ1) is 10.2. The highest BCUT2D eigenvalue weighted by atomic mass is 16.3. The summed E-state index contributed by atoms with van der Waals surface area (Å²) in [6.07, 6.45) is 1.23. The number of benzene rings is 1. The van der Waals surface area contributed by atoms with Crippen molar-refractivity contribution < 1.29 is 9.90 Å². The molecule has 1 amide bonds. The van der Waals surface area contributed by atoms with Crippen molar-refractivity contribution in [3.63, 3.8) is 0 Å². The van der Waals surface area contributed by atoms with E-state index in [4.69, 9.17) is 5.73 Å². The number of nitrogen functional groups attached to an aromatic ring is 1. The molecule has 0 bridgehead atoms. The number of hydrogen-bond donors (Lipinski definition) is 4. The van der Waals surface area contributed by atoms with E-state index in [1.54, 1.807) is 0 Å². The van der Waals surface area contributed by atoms with Gasteiger partial charge in [0.25, 0.3) is 5.91 Å². The number of aryl methyl sites for hydroxylation is 1. The Morgan fingerprint density at radius 1 is 1.43 bits per heavy atom. The number of rotatable bonds is 6. The van der Waals surface area contributed by atoms with Crippen LogP contribution in [0.3, 0.4) is 0 Å². The topological polar surface area (TPSA) is 104 Å². The number of aliphatic hydroxyl groups excluding tert-OH is 1. The van der Waals surface area contributed by atoms with Crippen molar-refractivity contribution in [1.29, 1.82) is 0 Å². The Kier molecular flexibility index (Phi) is 4.94. The third kappa shape index (κ3) is 3.61. The Morgan fingerprint density at radius 3 is 2.71 bits per heavy atom. The van der Waals surface area contributed by atoms with Gasteiger partial charge in [0.1, 0.15) is 0 Å². The van der Waals surface area contributed by atoms with E-state index >= 15 is 0 Å². The molecular weight excluding hydrogens is 268 g/mol. The van der Waals surface area contributed by atoms with Gasteiger partial charge < -0.3 is 16.2 Å². The number of anilines is 1. The van der Waals surface area contributed by atoms with Crippen LogP contribution >= 0.6 is 0 Å². The van der Waals surface area contributed by atoms with Crippen molar-refractivity contribution >= 4 is 11.6 Å². The Morgan fingerprint density at radius 2 is 2.14 bits per heavy atom. The lowest BCUT2D eigenvalue weighted by Gasteiger charge is -2.15. The van der Waals surface area contributed by atoms with Gasteiger partial charge in [0.2, 0.25) is 0 Å². The van der Waals surface area contributed by atoms with Crippen molar-refractivity contribution in [3.8, 4) is 0 Å². The molecule has 1 heterocycles. The molecule has 1 aromatic carbocycles. The number of aromatic nitrogens is 2. The smallest absolute Gasteiger partial charge is 0.274 e. The van der Waals surface area contributed by atoms with Crippen LogP contribution in [-0.4, -0.2) is 33.9 Å². The number of carbonyl (C=O) groups is 1. The van der Waals surface area contributed by atoms with Crippen LogP contribution in [-0.2, 0) is 12.8 Å². The van der Waals surface area contributed by atoms with Crippen LogP contribution in [0.15, 0.2) is 30.3 Å². The van der Waals surface area contributed by atoms with E-state index in [1.165, 1.54) is 0 Å². The van der Waals surface area contributed by atoms with E-state index in [0.717, 1.165) is 11.3 Å². The Hall–Kier alpha value is -2.34. The third-order valence-electron chi connectivity index (χ3n) is 3.33. The van der Waals surface area contributed by atoms with E-state index in [1.807, 2.05) is 37.3 Å². The molecule has 0 saturated carbocycles. The van der Waals surface area contributed by atoms with Crippen molar-refractivity contribution in [1.82, 2.24) is 15.5 Å². The average molecular weight is 288 g/mol. The molecule has 0 radical (unpaired) electrons. The van der Waals surface area contributed by atoms with Gasteiger partial charge in [-0.1, -0.05) is 37.3 Å². The fraction of sp³-hybridized carbons (Fsp3) is 0.333. The van der Waals surface area contributed by atoms with Gasteiger partial charge in [-0.3, -0.25) is 9.89 Å². The van der Waals surface area contributed by atoms with Gasteiger partial charge in [0.05, 0.1) is 24.0 Å². The fourth-order valence-corrected chi connectivity index (χ4v) is 2.14. The third-order valence-corrected chi connectivity index (χ3v) is 3.33. The van der Waals surface area contributed by atoms with E-state index in [-0.39, 0.29) is 24.2 Å². The van der Waals surface area contributed by atoms with Gasteiger partial charge in [-0.25, -0.2) is 0 Å². The van der Waals surface area contributed by atoms with Crippen molar-refractivity contribution in [3.05, 3.63) is 47.3 Å². The van der Waals surface area contributed by atoms with Crippen molar-refractivity contribution in [2.45, 2.75) is 25.8 Å². The molecular formula is C15H20N4O2. The first-order valence-electron chi connectivity index (χ1n) is 6.94. The van der Waals surface area contributed by atoms with Crippen LogP contribution in [0.1, 0.15) is 28.7 Å². The second-order valence-corrected chi connectivity index (χ2v) is 4.86. The predicted octanol–water partition coefficient (Wildman–Crippen LogP) is 0.888. The summed E-state index contributed by atoms with van der Waals surface area (Å²) < 4.78 is 0. The summed E-state index contributed by atoms with van der Waals surface area (Å²) in [5, 5.41) is 18.9. The monoisotopic (exact) mass is 288 g/mol. The molecule has 0 aliphatic carbocycles. The maximum Gasteiger partial charge on any atom is 0.274 e. The minimum atomic E-state index is -0.376. The van der Waals surface area contributed by atoms with Gasteiger partial charge in [-0.2, -0.15) is 5.10 Å². The maximum absolute atomic E-state index is 12.2. The first kappa shape index (κ1) is 15.1. The molecule has 6 heteroatoms. The summed E-state index contributed by atoms with van der Waals surface area (Å²) in [4.78, 5) is 12.2. The summed E-state index contributed by atoms with van der Waals surface area (Å²) in [5.41, 5.74) is 8.20. The Balaban J connectivity index is 2.04. The minimum Gasteiger partial charge on any atom is -0.395 e. The lowest BCUT2D eigenvalue weighted by molar-refractivity contribution is 0.0912. The number of nitrogens with two attached hydrogens (primary N) is 1. The lowest BCUT2D eigenvalue weighted by atomic mass is 10.1. The second-order valence-electron chi connectivity index (χ2n) is 4.86. The highest BCUT2D eigenvalue weighted by Gasteiger charge is 2.19. The molecule has 5 N–H and O–H groups in total. The number of aromatic amines is 1. The van der Waals surface area contributed by atoms with E-state index in [0.29, 0.717) is 18.5 Å². The molecule has 0 aliphatic heterocycles. The van der Waals surface area contributed by atoms with E-state index < -0.39 is 0 Å². The van der Waals surface area contributed by atoms with Gasteiger partial charge in [0, 0.05) is 0 Å². The van der Waals surface area contributed by atoms with E-state index in [9.17, 15) is 9.90 Å². The van der Waals surface area contributed by atoms with Gasteiger partial charge >= 0.3 is 0 Å². The van der Waals surface area contributed by atoms with Gasteiger partial charge in [-0.05, 0) is 18.4 Å². The van der Waals surface area contributed by atoms with Crippen LogP contribution < -0.4 is 11.1 Å². The standard InChI is InChI=1S/C15H20N4O2/c1-2-12-13(16)14(19-18-12)15(21)17-11(9-20)8-10-6-4-3-5-7-10/h3-7,11,20H,2,8-9,16H2,1H3,(H,17,21)(H,18,19)/t11-/m1/s1. The molecule has 21 heavy (non-hydrogen) atoms. The number of carbonyl (C=O) groups excluding carboxylic acids is 1. The summed E-state index contributed by atoms with van der Waals surface area (Å²) >= 11 is 0. The molecule has 1 aromatic heterocycles. The molecule has 0 spiro atoms. The number of nitrogens with one attached hydrogen (secondary N) is 2. The highest BCUT2D eigenvalue weighted by Crippen LogP contribution is 2.14. The van der Waals surface area contributed by atoms with Crippen LogP contribution in [0.5, 0.6) is 0 Å². The zero-order valence-electron chi connectivity index (χ0n) is 12.0. The van der Waals surface area contributed by atoms with Crippen LogP contribution in [0.2, 0.25) is 0 Å². The number of hydrogen-bond acceptors (Lipinski definition) is 4. The molecule has 112 valence electrons. The SMILES string of the molecule is CCc1[nH]nc(C(=O)N[C@@H](CO)Cc2ccccc2)c1N. The second kappa shape index (κ2) is 6.90. The minimum absolute atomic E-state index is 0.147. The van der Waals surface area contributed by atoms with Crippen LogP contribution in [0.4, 0.5) is 5.69 Å². The van der Waals surface area contributed by atoms with Crippen molar-refractivity contribution in [2.75, 3.05) is 12.3 Å². The van der Waals surface area contributed by atoms with Crippen LogP contribution in [0, 0.1) is 0 Å². The zero-order chi connectivity index (χ0) is 15.2. The Bertz CT molecular complexity index is 595. The van der Waals surface area contributed by atoms with Crippen LogP contribution in [0.25, 0.3) is 0 Å². The molecule has 0 saturated heterocycles. The fourth-order valence-electron chi connectivity index (χ4n) is 2.14. The largest absolute Gasteiger partial charge is 0.395 e. The quantitative estimate of drug-likeness (QED) is 0.633.